The van der Waals surface area contributed by atoms with Crippen molar-refractivity contribution in [2.75, 3.05) is 0 Å². The Bertz CT molecular complexity index is 1200. The minimum atomic E-state index is -0.548. The summed E-state index contributed by atoms with van der Waals surface area (Å²) in [7, 11) is 0. The second-order valence-electron chi connectivity index (χ2n) is 7.51. The van der Waals surface area contributed by atoms with Gasteiger partial charge in [-0.25, -0.2) is 4.98 Å². The lowest BCUT2D eigenvalue weighted by Gasteiger charge is -2.38. The van der Waals surface area contributed by atoms with Crippen LogP contribution in [0.5, 0.6) is 0 Å². The number of benzene rings is 4. The fourth-order valence-electron chi connectivity index (χ4n) is 4.36. The molecular formula is C27H21BrN2. The van der Waals surface area contributed by atoms with Crippen molar-refractivity contribution in [2.45, 2.75) is 12.5 Å². The van der Waals surface area contributed by atoms with Crippen LogP contribution in [0.3, 0.4) is 0 Å². The van der Waals surface area contributed by atoms with E-state index < -0.39 is 5.54 Å². The molecule has 0 bridgehead atoms. The minimum absolute atomic E-state index is 0.548. The quantitative estimate of drug-likeness (QED) is 0.269. The van der Waals surface area contributed by atoms with Gasteiger partial charge < -0.3 is 4.57 Å². The molecule has 3 heteroatoms. The number of fused-ring (bicyclic) bond motifs is 1. The van der Waals surface area contributed by atoms with Gasteiger partial charge in [0, 0.05) is 4.47 Å². The van der Waals surface area contributed by atoms with E-state index in [0.29, 0.717) is 0 Å². The molecule has 1 aromatic heterocycles. The van der Waals surface area contributed by atoms with Gasteiger partial charge in [0.25, 0.3) is 0 Å². The molecule has 0 saturated heterocycles. The predicted molar refractivity (Wildman–Crippen MR) is 127 cm³/mol. The van der Waals surface area contributed by atoms with E-state index in [-0.39, 0.29) is 0 Å². The number of halogens is 1. The largest absolute Gasteiger partial charge is 0.312 e. The van der Waals surface area contributed by atoms with E-state index in [2.05, 4.69) is 131 Å². The third kappa shape index (κ3) is 2.89. The Morgan fingerprint density at radius 1 is 0.700 bits per heavy atom. The van der Waals surface area contributed by atoms with E-state index in [1.54, 1.807) is 0 Å². The van der Waals surface area contributed by atoms with Gasteiger partial charge in [0.1, 0.15) is 5.54 Å². The van der Waals surface area contributed by atoms with E-state index >= 15 is 0 Å². The highest BCUT2D eigenvalue weighted by molar-refractivity contribution is 9.10. The Balaban J connectivity index is 1.96. The Kier molecular flexibility index (Phi) is 4.76. The van der Waals surface area contributed by atoms with Crippen LogP contribution in [0.25, 0.3) is 11.0 Å². The van der Waals surface area contributed by atoms with Crippen molar-refractivity contribution >= 4 is 27.0 Å². The summed E-state index contributed by atoms with van der Waals surface area (Å²) in [5.41, 5.74) is 6.28. The summed E-state index contributed by atoms with van der Waals surface area (Å²) >= 11 is 3.73. The first-order chi connectivity index (χ1) is 14.7. The number of aromatic nitrogens is 2. The molecule has 0 aliphatic rings. The second kappa shape index (κ2) is 7.58. The average Bonchev–Trinajstić information content (AvgIpc) is 3.20. The number of nitrogens with zero attached hydrogens (tertiary/aromatic N) is 2. The van der Waals surface area contributed by atoms with Crippen LogP contribution in [0, 0.1) is 6.92 Å². The molecule has 4 aromatic carbocycles. The predicted octanol–water partition coefficient (Wildman–Crippen LogP) is 6.95. The molecule has 0 fully saturated rings. The van der Waals surface area contributed by atoms with Gasteiger partial charge in [-0.05, 0) is 41.3 Å². The van der Waals surface area contributed by atoms with Crippen molar-refractivity contribution in [3.63, 3.8) is 0 Å². The molecule has 0 atom stereocenters. The molecule has 146 valence electrons. The first-order valence-corrected chi connectivity index (χ1v) is 10.8. The molecule has 1 heterocycles. The third-order valence-corrected chi connectivity index (χ3v) is 6.62. The zero-order valence-corrected chi connectivity index (χ0v) is 18.3. The van der Waals surface area contributed by atoms with E-state index in [1.165, 1.54) is 22.3 Å². The monoisotopic (exact) mass is 452 g/mol. The number of hydrogen-bond donors (Lipinski definition) is 0. The van der Waals surface area contributed by atoms with Crippen molar-refractivity contribution in [1.29, 1.82) is 0 Å². The zero-order chi connectivity index (χ0) is 20.6. The Morgan fingerprint density at radius 3 is 1.63 bits per heavy atom. The van der Waals surface area contributed by atoms with Gasteiger partial charge in [-0.3, -0.25) is 0 Å². The number of rotatable bonds is 4. The van der Waals surface area contributed by atoms with Crippen LogP contribution in [0.15, 0.2) is 114 Å². The van der Waals surface area contributed by atoms with Crippen LogP contribution >= 0.6 is 15.9 Å². The Morgan fingerprint density at radius 2 is 1.17 bits per heavy atom. The molecule has 0 amide bonds. The lowest BCUT2D eigenvalue weighted by atomic mass is 9.76. The van der Waals surface area contributed by atoms with Gasteiger partial charge >= 0.3 is 0 Å². The van der Waals surface area contributed by atoms with Crippen molar-refractivity contribution in [3.8, 4) is 0 Å². The summed E-state index contributed by atoms with van der Waals surface area (Å²) in [6.45, 7) is 2.10. The molecule has 0 unspecified atom stereocenters. The van der Waals surface area contributed by atoms with Gasteiger partial charge in [-0.1, -0.05) is 107 Å². The first-order valence-electron chi connectivity index (χ1n) is 10.0. The van der Waals surface area contributed by atoms with Gasteiger partial charge in [0.2, 0.25) is 0 Å². The summed E-state index contributed by atoms with van der Waals surface area (Å²) in [5.74, 6) is 0. The summed E-state index contributed by atoms with van der Waals surface area (Å²) < 4.78 is 3.40. The van der Waals surface area contributed by atoms with Crippen LogP contribution in [0.2, 0.25) is 0 Å². The number of aryl methyl sites for hydroxylation is 1. The molecule has 0 aliphatic heterocycles. The highest BCUT2D eigenvalue weighted by Crippen LogP contribution is 2.42. The minimum Gasteiger partial charge on any atom is -0.312 e. The molecule has 2 nitrogen and oxygen atoms in total. The number of hydrogen-bond acceptors (Lipinski definition) is 1. The maximum absolute atomic E-state index is 4.81. The smallest absolute Gasteiger partial charge is 0.122 e. The Labute approximate surface area is 185 Å². The standard InChI is InChI=1S/C27H21BrN2/c1-20-17-25-26(18-24(20)28)30(19-29-25)27(21-11-5-2-6-12-21,22-13-7-3-8-14-22)23-15-9-4-10-16-23/h2-19H,1H3. The zero-order valence-electron chi connectivity index (χ0n) is 16.7. The first kappa shape index (κ1) is 18.8. The maximum Gasteiger partial charge on any atom is 0.122 e. The SMILES string of the molecule is Cc1cc2ncn(C(c3ccccc3)(c3ccccc3)c3ccccc3)c2cc1Br. The normalized spacial score (nSPS) is 11.7. The highest BCUT2D eigenvalue weighted by atomic mass is 79.9. The van der Waals surface area contributed by atoms with Crippen LogP contribution < -0.4 is 0 Å². The molecular weight excluding hydrogens is 432 g/mol. The molecule has 5 aromatic rings. The van der Waals surface area contributed by atoms with Crippen LogP contribution in [-0.4, -0.2) is 9.55 Å². The average molecular weight is 453 g/mol. The molecule has 0 N–H and O–H groups in total. The van der Waals surface area contributed by atoms with E-state index in [9.17, 15) is 0 Å². The van der Waals surface area contributed by atoms with Gasteiger partial charge in [0.05, 0.1) is 17.4 Å². The van der Waals surface area contributed by atoms with Gasteiger partial charge in [0.15, 0.2) is 0 Å². The van der Waals surface area contributed by atoms with Crippen LogP contribution in [0.1, 0.15) is 22.3 Å². The van der Waals surface area contributed by atoms with E-state index in [4.69, 9.17) is 4.98 Å². The number of imidazole rings is 1. The molecule has 5 rings (SSSR count). The van der Waals surface area contributed by atoms with E-state index in [1.807, 2.05) is 6.33 Å². The third-order valence-electron chi connectivity index (χ3n) is 5.76. The lowest BCUT2D eigenvalue weighted by molar-refractivity contribution is 0.529. The maximum atomic E-state index is 4.81. The lowest BCUT2D eigenvalue weighted by Crippen LogP contribution is -2.37. The van der Waals surface area contributed by atoms with Gasteiger partial charge in [-0.2, -0.15) is 0 Å². The molecule has 0 spiro atoms. The summed E-state index contributed by atoms with van der Waals surface area (Å²) in [6, 6.07) is 36.4. The van der Waals surface area contributed by atoms with Crippen molar-refractivity contribution in [1.82, 2.24) is 9.55 Å². The van der Waals surface area contributed by atoms with E-state index in [0.717, 1.165) is 15.5 Å². The Hall–Kier alpha value is -3.17. The van der Waals surface area contributed by atoms with Crippen molar-refractivity contribution in [3.05, 3.63) is 136 Å². The molecule has 0 saturated carbocycles. The van der Waals surface area contributed by atoms with Crippen LogP contribution in [-0.2, 0) is 5.54 Å². The fraction of sp³-hybridized carbons (Fsp3) is 0.0741. The fourth-order valence-corrected chi connectivity index (χ4v) is 4.69. The van der Waals surface area contributed by atoms with Crippen molar-refractivity contribution in [2.24, 2.45) is 0 Å². The molecule has 0 aliphatic carbocycles. The summed E-state index contributed by atoms with van der Waals surface area (Å²) in [5, 5.41) is 0. The molecule has 30 heavy (non-hydrogen) atoms. The second-order valence-corrected chi connectivity index (χ2v) is 8.37. The van der Waals surface area contributed by atoms with Gasteiger partial charge in [-0.15, -0.1) is 0 Å². The molecule has 0 radical (unpaired) electrons. The highest BCUT2D eigenvalue weighted by Gasteiger charge is 2.39. The van der Waals surface area contributed by atoms with Crippen LogP contribution in [0.4, 0.5) is 0 Å². The summed E-state index contributed by atoms with van der Waals surface area (Å²) in [6.07, 6.45) is 1.98. The van der Waals surface area contributed by atoms with Crippen molar-refractivity contribution < 1.29 is 0 Å². The summed E-state index contributed by atoms with van der Waals surface area (Å²) in [4.78, 5) is 4.81. The topological polar surface area (TPSA) is 17.8 Å².